The van der Waals surface area contributed by atoms with E-state index in [9.17, 15) is 13.2 Å². The number of alkyl halides is 3. The lowest BCUT2D eigenvalue weighted by molar-refractivity contribution is -0.138. The maximum atomic E-state index is 12.0. The summed E-state index contributed by atoms with van der Waals surface area (Å²) in [5.74, 6) is 0. The number of hydrogen-bond donors (Lipinski definition) is 1. The Balaban J connectivity index is 2.80. The van der Waals surface area contributed by atoms with Crippen molar-refractivity contribution in [2.45, 2.75) is 18.6 Å². The van der Waals surface area contributed by atoms with Crippen molar-refractivity contribution >= 4 is 15.9 Å². The molecule has 0 aromatic heterocycles. The molecule has 0 aliphatic rings. The van der Waals surface area contributed by atoms with E-state index in [0.717, 1.165) is 0 Å². The van der Waals surface area contributed by atoms with E-state index < -0.39 is 18.6 Å². The SMILES string of the molecule is N[C@H](CC(F)(F)F)c1ccccc1Br. The van der Waals surface area contributed by atoms with Gasteiger partial charge < -0.3 is 5.73 Å². The fraction of sp³-hybridized carbons (Fsp3) is 0.333. The van der Waals surface area contributed by atoms with Gasteiger partial charge in [-0.1, -0.05) is 34.1 Å². The molecule has 2 N–H and O–H groups in total. The molecule has 0 heterocycles. The highest BCUT2D eigenvalue weighted by Gasteiger charge is 2.31. The van der Waals surface area contributed by atoms with Crippen LogP contribution in [0.1, 0.15) is 18.0 Å². The van der Waals surface area contributed by atoms with Crippen LogP contribution in [0.2, 0.25) is 0 Å². The van der Waals surface area contributed by atoms with Crippen LogP contribution in [0.15, 0.2) is 28.7 Å². The smallest absolute Gasteiger partial charge is 0.324 e. The van der Waals surface area contributed by atoms with Crippen molar-refractivity contribution in [3.63, 3.8) is 0 Å². The molecule has 5 heteroatoms. The largest absolute Gasteiger partial charge is 0.390 e. The van der Waals surface area contributed by atoms with Crippen molar-refractivity contribution in [3.05, 3.63) is 34.3 Å². The van der Waals surface area contributed by atoms with Crippen LogP contribution in [-0.4, -0.2) is 6.18 Å². The molecule has 78 valence electrons. The van der Waals surface area contributed by atoms with Gasteiger partial charge in [0.05, 0.1) is 6.42 Å². The summed E-state index contributed by atoms with van der Waals surface area (Å²) in [4.78, 5) is 0. The summed E-state index contributed by atoms with van der Waals surface area (Å²) >= 11 is 3.16. The van der Waals surface area contributed by atoms with Gasteiger partial charge in [-0.2, -0.15) is 13.2 Å². The Bertz CT molecular complexity index is 311. The summed E-state index contributed by atoms with van der Waals surface area (Å²) in [6, 6.07) is 5.64. The molecule has 0 amide bonds. The van der Waals surface area contributed by atoms with Crippen LogP contribution in [0.3, 0.4) is 0 Å². The molecule has 0 saturated heterocycles. The van der Waals surface area contributed by atoms with E-state index in [-0.39, 0.29) is 0 Å². The van der Waals surface area contributed by atoms with Gasteiger partial charge in [-0.05, 0) is 11.6 Å². The Labute approximate surface area is 88.2 Å². The first-order valence-corrected chi connectivity index (χ1v) is 4.76. The normalized spacial score (nSPS) is 14.1. The molecule has 1 aromatic rings. The average Bonchev–Trinajstić information content (AvgIpc) is 2.01. The summed E-state index contributed by atoms with van der Waals surface area (Å²) in [6.45, 7) is 0. The van der Waals surface area contributed by atoms with Gasteiger partial charge in [0, 0.05) is 10.5 Å². The van der Waals surface area contributed by atoms with Crippen LogP contribution in [0.25, 0.3) is 0 Å². The van der Waals surface area contributed by atoms with Crippen LogP contribution in [0.5, 0.6) is 0 Å². The molecular weight excluding hydrogens is 259 g/mol. The van der Waals surface area contributed by atoms with Crippen molar-refractivity contribution in [2.75, 3.05) is 0 Å². The molecule has 1 rings (SSSR count). The summed E-state index contributed by atoms with van der Waals surface area (Å²) < 4.78 is 36.7. The lowest BCUT2D eigenvalue weighted by Crippen LogP contribution is -2.20. The van der Waals surface area contributed by atoms with Crippen LogP contribution < -0.4 is 5.73 Å². The molecule has 0 aliphatic heterocycles. The Morgan fingerprint density at radius 1 is 1.29 bits per heavy atom. The van der Waals surface area contributed by atoms with E-state index in [0.29, 0.717) is 10.0 Å². The third-order valence-corrected chi connectivity index (χ3v) is 2.48. The number of rotatable bonds is 2. The Kier molecular flexibility index (Phi) is 3.55. The molecule has 0 radical (unpaired) electrons. The maximum absolute atomic E-state index is 12.0. The fourth-order valence-corrected chi connectivity index (χ4v) is 1.71. The second-order valence-electron chi connectivity index (χ2n) is 2.95. The van der Waals surface area contributed by atoms with Crippen LogP contribution in [-0.2, 0) is 0 Å². The van der Waals surface area contributed by atoms with Gasteiger partial charge in [0.15, 0.2) is 0 Å². The van der Waals surface area contributed by atoms with Crippen LogP contribution in [0, 0.1) is 0 Å². The number of nitrogens with two attached hydrogens (primary N) is 1. The minimum Gasteiger partial charge on any atom is -0.324 e. The first kappa shape index (κ1) is 11.5. The molecule has 0 spiro atoms. The topological polar surface area (TPSA) is 26.0 Å². The quantitative estimate of drug-likeness (QED) is 0.874. The standard InChI is InChI=1S/C9H9BrF3N/c10-7-4-2-1-3-6(7)8(14)5-9(11,12)13/h1-4,8H,5,14H2/t8-/m1/s1. The summed E-state index contributed by atoms with van der Waals surface area (Å²) in [7, 11) is 0. The first-order valence-electron chi connectivity index (χ1n) is 3.97. The van der Waals surface area contributed by atoms with Gasteiger partial charge in [0.25, 0.3) is 0 Å². The fourth-order valence-electron chi connectivity index (χ4n) is 1.14. The molecule has 1 atom stereocenters. The molecule has 1 nitrogen and oxygen atoms in total. The molecule has 0 bridgehead atoms. The van der Waals surface area contributed by atoms with Crippen LogP contribution >= 0.6 is 15.9 Å². The molecular formula is C9H9BrF3N. The van der Waals surface area contributed by atoms with Gasteiger partial charge in [-0.3, -0.25) is 0 Å². The molecule has 0 saturated carbocycles. The monoisotopic (exact) mass is 267 g/mol. The molecule has 0 unspecified atom stereocenters. The first-order chi connectivity index (χ1) is 6.40. The predicted molar refractivity (Wildman–Crippen MR) is 51.7 cm³/mol. The Morgan fingerprint density at radius 2 is 1.86 bits per heavy atom. The van der Waals surface area contributed by atoms with Gasteiger partial charge >= 0.3 is 6.18 Å². The van der Waals surface area contributed by atoms with E-state index in [2.05, 4.69) is 15.9 Å². The zero-order valence-electron chi connectivity index (χ0n) is 7.18. The minimum atomic E-state index is -4.23. The lowest BCUT2D eigenvalue weighted by atomic mass is 10.0. The zero-order valence-corrected chi connectivity index (χ0v) is 8.77. The third kappa shape index (κ3) is 3.31. The summed E-state index contributed by atoms with van der Waals surface area (Å²) in [6.07, 6.45) is -5.23. The number of halogens is 4. The van der Waals surface area contributed by atoms with E-state index in [1.165, 1.54) is 0 Å². The summed E-state index contributed by atoms with van der Waals surface area (Å²) in [5, 5.41) is 0. The highest BCUT2D eigenvalue weighted by atomic mass is 79.9. The lowest BCUT2D eigenvalue weighted by Gasteiger charge is -2.15. The second kappa shape index (κ2) is 4.31. The van der Waals surface area contributed by atoms with E-state index in [4.69, 9.17) is 5.73 Å². The molecule has 14 heavy (non-hydrogen) atoms. The van der Waals surface area contributed by atoms with Gasteiger partial charge in [0.2, 0.25) is 0 Å². The van der Waals surface area contributed by atoms with Crippen LogP contribution in [0.4, 0.5) is 13.2 Å². The number of benzene rings is 1. The van der Waals surface area contributed by atoms with Gasteiger partial charge in [0.1, 0.15) is 0 Å². The van der Waals surface area contributed by atoms with E-state index >= 15 is 0 Å². The van der Waals surface area contributed by atoms with Crippen molar-refractivity contribution < 1.29 is 13.2 Å². The highest BCUT2D eigenvalue weighted by Crippen LogP contribution is 2.31. The van der Waals surface area contributed by atoms with Crippen molar-refractivity contribution in [1.29, 1.82) is 0 Å². The Morgan fingerprint density at radius 3 is 2.36 bits per heavy atom. The minimum absolute atomic E-state index is 0.477. The van der Waals surface area contributed by atoms with Crippen molar-refractivity contribution in [2.24, 2.45) is 5.73 Å². The number of hydrogen-bond acceptors (Lipinski definition) is 1. The Hall–Kier alpha value is -0.550. The highest BCUT2D eigenvalue weighted by molar-refractivity contribution is 9.10. The molecule has 0 aliphatic carbocycles. The van der Waals surface area contributed by atoms with Crippen molar-refractivity contribution in [3.8, 4) is 0 Å². The van der Waals surface area contributed by atoms with E-state index in [1.54, 1.807) is 24.3 Å². The maximum Gasteiger partial charge on any atom is 0.390 e. The van der Waals surface area contributed by atoms with E-state index in [1.807, 2.05) is 0 Å². The average molecular weight is 268 g/mol. The van der Waals surface area contributed by atoms with Gasteiger partial charge in [-0.15, -0.1) is 0 Å². The predicted octanol–water partition coefficient (Wildman–Crippen LogP) is 3.40. The van der Waals surface area contributed by atoms with Gasteiger partial charge in [-0.25, -0.2) is 0 Å². The molecule has 1 aromatic carbocycles. The zero-order chi connectivity index (χ0) is 10.8. The third-order valence-electron chi connectivity index (χ3n) is 1.76. The van der Waals surface area contributed by atoms with Crippen molar-refractivity contribution in [1.82, 2.24) is 0 Å². The summed E-state index contributed by atoms with van der Waals surface area (Å²) in [5.41, 5.74) is 5.91. The molecule has 0 fully saturated rings. The second-order valence-corrected chi connectivity index (χ2v) is 3.80.